The van der Waals surface area contributed by atoms with E-state index in [0.29, 0.717) is 11.4 Å². The summed E-state index contributed by atoms with van der Waals surface area (Å²) in [5.74, 6) is -0.167. The highest BCUT2D eigenvalue weighted by Crippen LogP contribution is 2.21. The van der Waals surface area contributed by atoms with Crippen molar-refractivity contribution in [3.05, 3.63) is 11.4 Å². The Morgan fingerprint density at radius 2 is 2.17 bits per heavy atom. The van der Waals surface area contributed by atoms with E-state index in [4.69, 9.17) is 10.9 Å². The lowest BCUT2D eigenvalue weighted by Crippen LogP contribution is -2.38. The summed E-state index contributed by atoms with van der Waals surface area (Å²) in [5.41, 5.74) is 6.20. The SMILES string of the molecule is CCN(C/C(N)=N/O)S(=O)(=O)c1c(C)n[nH]c1C. The van der Waals surface area contributed by atoms with Gasteiger partial charge in [-0.2, -0.15) is 9.40 Å². The number of aromatic amines is 1. The number of nitrogens with one attached hydrogen (secondary N) is 1. The molecule has 1 aromatic rings. The van der Waals surface area contributed by atoms with Crippen LogP contribution in [-0.4, -0.2) is 47.1 Å². The van der Waals surface area contributed by atoms with E-state index in [2.05, 4.69) is 15.4 Å². The molecule has 0 saturated carbocycles. The molecule has 0 aliphatic rings. The molecule has 0 bridgehead atoms. The van der Waals surface area contributed by atoms with Crippen LogP contribution < -0.4 is 5.73 Å². The molecule has 0 atom stereocenters. The van der Waals surface area contributed by atoms with Crippen molar-refractivity contribution >= 4 is 15.9 Å². The number of nitrogens with two attached hydrogens (primary N) is 1. The maximum atomic E-state index is 12.4. The lowest BCUT2D eigenvalue weighted by atomic mass is 10.4. The molecular weight excluding hydrogens is 258 g/mol. The third kappa shape index (κ3) is 2.62. The largest absolute Gasteiger partial charge is 0.409 e. The minimum Gasteiger partial charge on any atom is -0.409 e. The van der Waals surface area contributed by atoms with Gasteiger partial charge in [-0.1, -0.05) is 12.1 Å². The molecule has 1 heterocycles. The lowest BCUT2D eigenvalue weighted by molar-refractivity contribution is 0.315. The molecule has 8 nitrogen and oxygen atoms in total. The van der Waals surface area contributed by atoms with Crippen molar-refractivity contribution in [2.45, 2.75) is 25.7 Å². The van der Waals surface area contributed by atoms with Gasteiger partial charge in [0.05, 0.1) is 17.9 Å². The molecule has 0 aromatic carbocycles. The molecule has 0 spiro atoms. The predicted molar refractivity (Wildman–Crippen MR) is 65.9 cm³/mol. The summed E-state index contributed by atoms with van der Waals surface area (Å²) in [6.07, 6.45) is 0. The van der Waals surface area contributed by atoms with E-state index in [-0.39, 0.29) is 23.8 Å². The fraction of sp³-hybridized carbons (Fsp3) is 0.556. The van der Waals surface area contributed by atoms with Gasteiger partial charge in [0.2, 0.25) is 10.0 Å². The Morgan fingerprint density at radius 3 is 2.56 bits per heavy atom. The Bertz CT molecular complexity index is 529. The number of amidine groups is 1. The molecule has 9 heteroatoms. The smallest absolute Gasteiger partial charge is 0.247 e. The Morgan fingerprint density at radius 1 is 1.56 bits per heavy atom. The van der Waals surface area contributed by atoms with E-state index in [1.165, 1.54) is 0 Å². The van der Waals surface area contributed by atoms with Gasteiger partial charge in [0.25, 0.3) is 0 Å². The number of oxime groups is 1. The van der Waals surface area contributed by atoms with Crippen LogP contribution in [0.15, 0.2) is 10.1 Å². The van der Waals surface area contributed by atoms with Gasteiger partial charge in [0.1, 0.15) is 4.90 Å². The normalized spacial score (nSPS) is 13.2. The first-order valence-electron chi connectivity index (χ1n) is 5.32. The molecule has 1 aromatic heterocycles. The predicted octanol–water partition coefficient (Wildman–Crippen LogP) is -0.216. The van der Waals surface area contributed by atoms with Crippen LogP contribution in [0.1, 0.15) is 18.3 Å². The zero-order valence-corrected chi connectivity index (χ0v) is 11.3. The summed E-state index contributed by atoms with van der Waals surface area (Å²) in [6, 6.07) is 0. The van der Waals surface area contributed by atoms with Gasteiger partial charge in [-0.05, 0) is 13.8 Å². The number of likely N-dealkylation sites (N-methyl/N-ethyl adjacent to an activating group) is 1. The molecule has 0 saturated heterocycles. The first-order valence-corrected chi connectivity index (χ1v) is 6.76. The molecule has 0 aliphatic carbocycles. The van der Waals surface area contributed by atoms with E-state index in [9.17, 15) is 8.42 Å². The lowest BCUT2D eigenvalue weighted by Gasteiger charge is -2.19. The molecule has 18 heavy (non-hydrogen) atoms. The summed E-state index contributed by atoms with van der Waals surface area (Å²) >= 11 is 0. The van der Waals surface area contributed by atoms with Crippen LogP contribution >= 0.6 is 0 Å². The summed E-state index contributed by atoms with van der Waals surface area (Å²) in [5, 5.41) is 17.8. The van der Waals surface area contributed by atoms with E-state index in [1.54, 1.807) is 20.8 Å². The molecule has 102 valence electrons. The van der Waals surface area contributed by atoms with Gasteiger partial charge in [0.15, 0.2) is 5.84 Å². The van der Waals surface area contributed by atoms with E-state index in [0.717, 1.165) is 4.31 Å². The van der Waals surface area contributed by atoms with E-state index >= 15 is 0 Å². The second-order valence-electron chi connectivity index (χ2n) is 3.79. The zero-order valence-electron chi connectivity index (χ0n) is 10.5. The van der Waals surface area contributed by atoms with Crippen LogP contribution in [0.25, 0.3) is 0 Å². The maximum absolute atomic E-state index is 12.4. The maximum Gasteiger partial charge on any atom is 0.247 e. The minimum absolute atomic E-state index is 0.134. The fourth-order valence-electron chi connectivity index (χ4n) is 1.63. The molecule has 0 fully saturated rings. The van der Waals surface area contributed by atoms with Crippen molar-refractivity contribution in [1.82, 2.24) is 14.5 Å². The van der Waals surface area contributed by atoms with Crippen LogP contribution in [0.3, 0.4) is 0 Å². The standard InChI is InChI=1S/C9H17N5O3S/c1-4-14(5-8(10)13-15)18(16,17)9-6(2)11-12-7(9)3/h15H,4-5H2,1-3H3,(H2,10,13)(H,11,12). The first kappa shape index (κ1) is 14.5. The Hall–Kier alpha value is -1.61. The second-order valence-corrected chi connectivity index (χ2v) is 5.66. The quantitative estimate of drug-likeness (QED) is 0.296. The Labute approximate surface area is 106 Å². The Kier molecular flexibility index (Phi) is 4.30. The minimum atomic E-state index is -3.71. The van der Waals surface area contributed by atoms with Gasteiger partial charge < -0.3 is 10.9 Å². The summed E-state index contributed by atoms with van der Waals surface area (Å²) in [7, 11) is -3.71. The molecule has 0 unspecified atom stereocenters. The molecule has 0 aliphatic heterocycles. The van der Waals surface area contributed by atoms with Crippen molar-refractivity contribution in [2.75, 3.05) is 13.1 Å². The van der Waals surface area contributed by atoms with Gasteiger partial charge in [-0.3, -0.25) is 5.10 Å². The van der Waals surface area contributed by atoms with Crippen molar-refractivity contribution in [3.8, 4) is 0 Å². The number of rotatable bonds is 5. The summed E-state index contributed by atoms with van der Waals surface area (Å²) in [4.78, 5) is 0.134. The Balaban J connectivity index is 3.20. The van der Waals surface area contributed by atoms with Crippen LogP contribution in [-0.2, 0) is 10.0 Å². The van der Waals surface area contributed by atoms with Crippen LogP contribution in [0.2, 0.25) is 0 Å². The highest BCUT2D eigenvalue weighted by atomic mass is 32.2. The molecular formula is C9H17N5O3S. The number of hydrogen-bond donors (Lipinski definition) is 3. The van der Waals surface area contributed by atoms with Crippen molar-refractivity contribution in [3.63, 3.8) is 0 Å². The average molecular weight is 275 g/mol. The number of sulfonamides is 1. The van der Waals surface area contributed by atoms with Crippen LogP contribution in [0, 0.1) is 13.8 Å². The number of nitrogens with zero attached hydrogens (tertiary/aromatic N) is 3. The topological polar surface area (TPSA) is 125 Å². The van der Waals surface area contributed by atoms with Gasteiger partial charge in [-0.25, -0.2) is 8.42 Å². The molecule has 4 N–H and O–H groups in total. The summed E-state index contributed by atoms with van der Waals surface area (Å²) in [6.45, 7) is 4.95. The summed E-state index contributed by atoms with van der Waals surface area (Å²) < 4.78 is 25.9. The third-order valence-electron chi connectivity index (χ3n) is 2.48. The third-order valence-corrected chi connectivity index (χ3v) is 4.66. The first-order chi connectivity index (χ1) is 8.34. The molecule has 1 rings (SSSR count). The van der Waals surface area contributed by atoms with Crippen molar-refractivity contribution in [1.29, 1.82) is 0 Å². The second kappa shape index (κ2) is 5.36. The van der Waals surface area contributed by atoms with Gasteiger partial charge in [0, 0.05) is 6.54 Å². The zero-order chi connectivity index (χ0) is 13.9. The number of hydrogen-bond acceptors (Lipinski definition) is 5. The van der Waals surface area contributed by atoms with Crippen LogP contribution in [0.5, 0.6) is 0 Å². The number of aryl methyl sites for hydroxylation is 2. The van der Waals surface area contributed by atoms with E-state index < -0.39 is 10.0 Å². The van der Waals surface area contributed by atoms with Crippen molar-refractivity contribution < 1.29 is 13.6 Å². The van der Waals surface area contributed by atoms with Crippen LogP contribution in [0.4, 0.5) is 0 Å². The fourth-order valence-corrected chi connectivity index (χ4v) is 3.38. The molecule has 0 amide bonds. The average Bonchev–Trinajstić information content (AvgIpc) is 2.65. The van der Waals surface area contributed by atoms with Crippen molar-refractivity contribution in [2.24, 2.45) is 10.9 Å². The number of H-pyrrole nitrogens is 1. The van der Waals surface area contributed by atoms with Gasteiger partial charge >= 0.3 is 0 Å². The highest BCUT2D eigenvalue weighted by Gasteiger charge is 2.29. The van der Waals surface area contributed by atoms with Gasteiger partial charge in [-0.15, -0.1) is 0 Å². The molecule has 0 radical (unpaired) electrons. The van der Waals surface area contributed by atoms with E-state index in [1.807, 2.05) is 0 Å². The monoisotopic (exact) mass is 275 g/mol. The number of aromatic nitrogens is 2. The highest BCUT2D eigenvalue weighted by molar-refractivity contribution is 7.89.